The van der Waals surface area contributed by atoms with Crippen molar-refractivity contribution in [1.82, 2.24) is 29.8 Å². The van der Waals surface area contributed by atoms with Gasteiger partial charge in [-0.3, -0.25) is 14.5 Å². The maximum absolute atomic E-state index is 13.1. The summed E-state index contributed by atoms with van der Waals surface area (Å²) in [6, 6.07) is 9.43. The van der Waals surface area contributed by atoms with E-state index in [-0.39, 0.29) is 17.9 Å². The predicted molar refractivity (Wildman–Crippen MR) is 143 cm³/mol. The van der Waals surface area contributed by atoms with E-state index in [9.17, 15) is 9.59 Å². The minimum absolute atomic E-state index is 0.181. The monoisotopic (exact) mass is 505 g/mol. The topological polar surface area (TPSA) is 105 Å². The highest BCUT2D eigenvalue weighted by molar-refractivity contribution is 7.13. The first kappa shape index (κ1) is 25.5. The summed E-state index contributed by atoms with van der Waals surface area (Å²) in [6.07, 6.45) is 3.83. The lowest BCUT2D eigenvalue weighted by atomic mass is 10.1. The molecule has 2 amide bonds. The van der Waals surface area contributed by atoms with Gasteiger partial charge in [0.05, 0.1) is 28.0 Å². The molecule has 0 saturated heterocycles. The van der Waals surface area contributed by atoms with Crippen molar-refractivity contribution >= 4 is 34.6 Å². The van der Waals surface area contributed by atoms with Crippen LogP contribution in [0.25, 0.3) is 27.5 Å². The van der Waals surface area contributed by atoms with E-state index in [4.69, 9.17) is 4.98 Å². The quantitative estimate of drug-likeness (QED) is 0.332. The van der Waals surface area contributed by atoms with Gasteiger partial charge in [0.1, 0.15) is 5.82 Å². The number of hydrogen-bond acceptors (Lipinski definition) is 7. The SMILES string of the molecule is CCC(=O)Nc1cc(C(=O)NCC(C)N(CC)CC)cc(-c2cnn3ccc(-c4cccs4)nc23)n1. The molecule has 10 heteroatoms. The first-order chi connectivity index (χ1) is 17.4. The van der Waals surface area contributed by atoms with E-state index in [1.807, 2.05) is 29.8 Å². The van der Waals surface area contributed by atoms with Gasteiger partial charge < -0.3 is 10.6 Å². The lowest BCUT2D eigenvalue weighted by Gasteiger charge is -2.26. The average molecular weight is 506 g/mol. The molecule has 1 atom stereocenters. The van der Waals surface area contributed by atoms with Crippen molar-refractivity contribution in [1.29, 1.82) is 0 Å². The zero-order valence-electron chi connectivity index (χ0n) is 21.0. The summed E-state index contributed by atoms with van der Waals surface area (Å²) in [5.41, 5.74) is 3.04. The average Bonchev–Trinajstić information content (AvgIpc) is 3.57. The van der Waals surface area contributed by atoms with Crippen LogP contribution >= 0.6 is 11.3 Å². The second-order valence-electron chi connectivity index (χ2n) is 8.42. The molecule has 4 aromatic rings. The molecule has 4 rings (SSSR count). The van der Waals surface area contributed by atoms with Crippen molar-refractivity contribution in [2.75, 3.05) is 25.0 Å². The highest BCUT2D eigenvalue weighted by Gasteiger charge is 2.18. The lowest BCUT2D eigenvalue weighted by molar-refractivity contribution is -0.115. The van der Waals surface area contributed by atoms with Crippen LogP contribution in [0.2, 0.25) is 0 Å². The molecule has 0 bridgehead atoms. The van der Waals surface area contributed by atoms with Crippen LogP contribution in [0.3, 0.4) is 0 Å². The molecule has 36 heavy (non-hydrogen) atoms. The van der Waals surface area contributed by atoms with Crippen LogP contribution in [0.4, 0.5) is 5.82 Å². The van der Waals surface area contributed by atoms with Gasteiger partial charge in [-0.15, -0.1) is 11.3 Å². The molecule has 0 spiro atoms. The van der Waals surface area contributed by atoms with E-state index in [1.54, 1.807) is 41.1 Å². The maximum Gasteiger partial charge on any atom is 0.251 e. The maximum atomic E-state index is 13.1. The molecule has 4 heterocycles. The number of likely N-dealkylation sites (N-methyl/N-ethyl adjacent to an activating group) is 1. The molecule has 4 aromatic heterocycles. The molecule has 0 fully saturated rings. The Morgan fingerprint density at radius 2 is 1.92 bits per heavy atom. The Morgan fingerprint density at radius 1 is 1.11 bits per heavy atom. The Labute approximate surface area is 214 Å². The number of anilines is 1. The summed E-state index contributed by atoms with van der Waals surface area (Å²) < 4.78 is 1.68. The number of amides is 2. The van der Waals surface area contributed by atoms with Gasteiger partial charge in [-0.1, -0.05) is 26.8 Å². The molecular weight excluding hydrogens is 474 g/mol. The van der Waals surface area contributed by atoms with E-state index < -0.39 is 0 Å². The van der Waals surface area contributed by atoms with Gasteiger partial charge >= 0.3 is 0 Å². The van der Waals surface area contributed by atoms with E-state index in [0.29, 0.717) is 41.3 Å². The second kappa shape index (κ2) is 11.4. The number of thiophene rings is 1. The molecule has 188 valence electrons. The fraction of sp³-hybridized carbons (Fsp3) is 0.346. The van der Waals surface area contributed by atoms with Crippen LogP contribution in [0.1, 0.15) is 44.5 Å². The van der Waals surface area contributed by atoms with Gasteiger partial charge in [-0.25, -0.2) is 14.5 Å². The number of fused-ring (bicyclic) bond motifs is 1. The van der Waals surface area contributed by atoms with E-state index in [2.05, 4.69) is 46.4 Å². The standard InChI is InChI=1S/C26H31N7O2S/c1-5-24(34)31-23-14-18(26(35)27-15-17(4)32(6-2)7-3)13-21(29-23)19-16-28-33-11-10-20(30-25(19)33)22-9-8-12-36-22/h8-14,16-17H,5-7,15H2,1-4H3,(H,27,35)(H,29,31,34). The van der Waals surface area contributed by atoms with Crippen LogP contribution in [-0.4, -0.2) is 62.0 Å². The molecule has 0 aliphatic rings. The normalized spacial score (nSPS) is 12.1. The van der Waals surface area contributed by atoms with E-state index >= 15 is 0 Å². The minimum Gasteiger partial charge on any atom is -0.350 e. The van der Waals surface area contributed by atoms with Crippen LogP contribution in [0, 0.1) is 0 Å². The van der Waals surface area contributed by atoms with Crippen molar-refractivity contribution in [3.8, 4) is 21.8 Å². The number of hydrogen-bond donors (Lipinski definition) is 2. The molecule has 0 aliphatic heterocycles. The molecule has 0 aromatic carbocycles. The molecular formula is C26H31N7O2S. The second-order valence-corrected chi connectivity index (χ2v) is 9.37. The Hall–Kier alpha value is -3.63. The van der Waals surface area contributed by atoms with Crippen LogP contribution in [0.5, 0.6) is 0 Å². The molecule has 1 unspecified atom stereocenters. The van der Waals surface area contributed by atoms with Gasteiger partial charge in [-0.05, 0) is 49.7 Å². The highest BCUT2D eigenvalue weighted by Crippen LogP contribution is 2.28. The number of nitrogens with one attached hydrogen (secondary N) is 2. The molecule has 9 nitrogen and oxygen atoms in total. The smallest absolute Gasteiger partial charge is 0.251 e. The summed E-state index contributed by atoms with van der Waals surface area (Å²) in [4.78, 5) is 38.0. The Morgan fingerprint density at radius 3 is 2.61 bits per heavy atom. The van der Waals surface area contributed by atoms with E-state index in [1.165, 1.54) is 0 Å². The van der Waals surface area contributed by atoms with Gasteiger partial charge in [-0.2, -0.15) is 5.10 Å². The Kier molecular flexibility index (Phi) is 8.07. The number of carbonyl (C=O) groups is 2. The molecule has 0 aliphatic carbocycles. The third-order valence-corrected chi connectivity index (χ3v) is 6.98. The zero-order valence-corrected chi connectivity index (χ0v) is 21.8. The van der Waals surface area contributed by atoms with Gasteiger partial charge in [0.15, 0.2) is 5.65 Å². The number of carbonyl (C=O) groups excluding carboxylic acids is 2. The van der Waals surface area contributed by atoms with Gasteiger partial charge in [0.2, 0.25) is 5.91 Å². The minimum atomic E-state index is -0.228. The van der Waals surface area contributed by atoms with Gasteiger partial charge in [0, 0.05) is 30.8 Å². The Balaban J connectivity index is 1.70. The lowest BCUT2D eigenvalue weighted by Crippen LogP contribution is -2.42. The highest BCUT2D eigenvalue weighted by atomic mass is 32.1. The third kappa shape index (κ3) is 5.60. The van der Waals surface area contributed by atoms with Crippen molar-refractivity contribution in [2.45, 2.75) is 40.2 Å². The first-order valence-electron chi connectivity index (χ1n) is 12.2. The third-order valence-electron chi connectivity index (χ3n) is 6.09. The fourth-order valence-corrected chi connectivity index (χ4v) is 4.72. The van der Waals surface area contributed by atoms with Crippen LogP contribution in [-0.2, 0) is 4.79 Å². The molecule has 0 radical (unpaired) electrons. The molecule has 0 saturated carbocycles. The van der Waals surface area contributed by atoms with Gasteiger partial charge in [0.25, 0.3) is 5.91 Å². The largest absolute Gasteiger partial charge is 0.350 e. The number of pyridine rings is 1. The first-order valence-corrected chi connectivity index (χ1v) is 13.0. The van der Waals surface area contributed by atoms with Crippen molar-refractivity contribution in [2.24, 2.45) is 0 Å². The summed E-state index contributed by atoms with van der Waals surface area (Å²) in [5, 5.41) is 12.2. The predicted octanol–water partition coefficient (Wildman–Crippen LogP) is 4.33. The summed E-state index contributed by atoms with van der Waals surface area (Å²) in [7, 11) is 0. The van der Waals surface area contributed by atoms with Crippen LogP contribution in [0.15, 0.2) is 48.1 Å². The van der Waals surface area contributed by atoms with E-state index in [0.717, 1.165) is 23.7 Å². The Bertz CT molecular complexity index is 1350. The van der Waals surface area contributed by atoms with Crippen molar-refractivity contribution < 1.29 is 9.59 Å². The zero-order chi connectivity index (χ0) is 25.7. The van der Waals surface area contributed by atoms with Crippen molar-refractivity contribution in [3.05, 3.63) is 53.7 Å². The van der Waals surface area contributed by atoms with Crippen molar-refractivity contribution in [3.63, 3.8) is 0 Å². The number of rotatable bonds is 10. The molecule has 2 N–H and O–H groups in total. The summed E-state index contributed by atoms with van der Waals surface area (Å²) >= 11 is 1.61. The van der Waals surface area contributed by atoms with Crippen LogP contribution < -0.4 is 10.6 Å². The fourth-order valence-electron chi connectivity index (χ4n) is 4.02. The number of nitrogens with zero attached hydrogens (tertiary/aromatic N) is 5. The summed E-state index contributed by atoms with van der Waals surface area (Å²) in [5.74, 6) is -0.0949. The number of aromatic nitrogens is 4. The summed E-state index contributed by atoms with van der Waals surface area (Å²) in [6.45, 7) is 10.4.